The number of rotatable bonds is 2. The zero-order valence-electron chi connectivity index (χ0n) is 7.82. The topological polar surface area (TPSA) is 43.8 Å². The van der Waals surface area contributed by atoms with Crippen LogP contribution < -0.4 is 5.73 Å². The van der Waals surface area contributed by atoms with Crippen molar-refractivity contribution in [2.24, 2.45) is 0 Å². The van der Waals surface area contributed by atoms with Crippen LogP contribution in [0.4, 0.5) is 5.69 Å². The number of nitrogens with two attached hydrogens (primary N) is 1. The van der Waals surface area contributed by atoms with Crippen molar-refractivity contribution in [3.63, 3.8) is 0 Å². The van der Waals surface area contributed by atoms with Crippen molar-refractivity contribution in [2.45, 2.75) is 6.54 Å². The van der Waals surface area contributed by atoms with Gasteiger partial charge in [0.15, 0.2) is 0 Å². The number of aromatic nitrogens is 2. The van der Waals surface area contributed by atoms with E-state index in [2.05, 4.69) is 37.0 Å². The van der Waals surface area contributed by atoms with Crippen molar-refractivity contribution in [1.82, 2.24) is 9.78 Å². The number of nitrogen functional groups attached to an aromatic ring is 1. The lowest BCUT2D eigenvalue weighted by Crippen LogP contribution is -2.00. The second-order valence-electron chi connectivity index (χ2n) is 3.25. The Kier molecular flexibility index (Phi) is 3.11. The summed E-state index contributed by atoms with van der Waals surface area (Å²) in [6.45, 7) is 0.717. The van der Waals surface area contributed by atoms with E-state index in [1.165, 1.54) is 0 Å². The summed E-state index contributed by atoms with van der Waals surface area (Å²) in [5.74, 6) is 0. The molecular weight excluding hydrogens is 322 g/mol. The van der Waals surface area contributed by atoms with E-state index < -0.39 is 0 Å². The van der Waals surface area contributed by atoms with Gasteiger partial charge >= 0.3 is 0 Å². The SMILES string of the molecule is Nc1cc(Br)cc(Cn2cc(Br)cn2)c1. The largest absolute Gasteiger partial charge is 0.399 e. The molecule has 1 heterocycles. The number of benzene rings is 1. The summed E-state index contributed by atoms with van der Waals surface area (Å²) in [6, 6.07) is 5.86. The van der Waals surface area contributed by atoms with Crippen LogP contribution in [0.5, 0.6) is 0 Å². The first-order valence-electron chi connectivity index (χ1n) is 4.36. The molecule has 0 unspecified atom stereocenters. The Hall–Kier alpha value is -0.810. The van der Waals surface area contributed by atoms with Crippen molar-refractivity contribution < 1.29 is 0 Å². The van der Waals surface area contributed by atoms with E-state index in [0.717, 1.165) is 26.7 Å². The van der Waals surface area contributed by atoms with Crippen LogP contribution in [0, 0.1) is 0 Å². The summed E-state index contributed by atoms with van der Waals surface area (Å²) < 4.78 is 3.82. The standard InChI is InChI=1S/C10H9Br2N3/c11-8-1-7(2-10(13)3-8)5-15-6-9(12)4-14-15/h1-4,6H,5,13H2. The van der Waals surface area contributed by atoms with Crippen molar-refractivity contribution in [2.75, 3.05) is 5.73 Å². The van der Waals surface area contributed by atoms with E-state index in [-0.39, 0.29) is 0 Å². The minimum Gasteiger partial charge on any atom is -0.399 e. The average molecular weight is 331 g/mol. The normalized spacial score (nSPS) is 10.5. The van der Waals surface area contributed by atoms with Crippen LogP contribution in [0.15, 0.2) is 39.5 Å². The Morgan fingerprint density at radius 1 is 1.20 bits per heavy atom. The Bertz CT molecular complexity index is 459. The molecule has 0 spiro atoms. The molecule has 0 atom stereocenters. The van der Waals surface area contributed by atoms with Crippen LogP contribution >= 0.6 is 31.9 Å². The van der Waals surface area contributed by atoms with E-state index in [1.807, 2.05) is 29.1 Å². The zero-order valence-corrected chi connectivity index (χ0v) is 11.0. The highest BCUT2D eigenvalue weighted by atomic mass is 79.9. The molecule has 0 aliphatic rings. The number of halogens is 2. The first-order valence-corrected chi connectivity index (χ1v) is 5.95. The molecule has 3 nitrogen and oxygen atoms in total. The average Bonchev–Trinajstić information content (AvgIpc) is 2.49. The summed E-state index contributed by atoms with van der Waals surface area (Å²) in [5.41, 5.74) is 7.63. The third-order valence-corrected chi connectivity index (χ3v) is 2.79. The highest BCUT2D eigenvalue weighted by molar-refractivity contribution is 9.10. The Morgan fingerprint density at radius 2 is 2.00 bits per heavy atom. The van der Waals surface area contributed by atoms with E-state index in [9.17, 15) is 0 Å². The van der Waals surface area contributed by atoms with Crippen molar-refractivity contribution in [3.8, 4) is 0 Å². The molecule has 2 aromatic rings. The lowest BCUT2D eigenvalue weighted by molar-refractivity contribution is 0.686. The Morgan fingerprint density at radius 3 is 2.60 bits per heavy atom. The fourth-order valence-corrected chi connectivity index (χ4v) is 2.26. The monoisotopic (exact) mass is 329 g/mol. The second kappa shape index (κ2) is 4.37. The summed E-state index contributed by atoms with van der Waals surface area (Å²) in [5, 5.41) is 4.18. The molecule has 0 aliphatic carbocycles. The van der Waals surface area contributed by atoms with E-state index in [1.54, 1.807) is 6.20 Å². The summed E-state index contributed by atoms with van der Waals surface area (Å²) in [6.07, 6.45) is 3.69. The van der Waals surface area contributed by atoms with Gasteiger partial charge in [-0.25, -0.2) is 0 Å². The Balaban J connectivity index is 2.24. The van der Waals surface area contributed by atoms with Gasteiger partial charge in [0.2, 0.25) is 0 Å². The number of hydrogen-bond acceptors (Lipinski definition) is 2. The molecule has 15 heavy (non-hydrogen) atoms. The summed E-state index contributed by atoms with van der Waals surface area (Å²) in [4.78, 5) is 0. The highest BCUT2D eigenvalue weighted by Gasteiger charge is 2.00. The predicted molar refractivity (Wildman–Crippen MR) is 67.6 cm³/mol. The van der Waals surface area contributed by atoms with Gasteiger partial charge in [0.05, 0.1) is 17.2 Å². The number of hydrogen-bond donors (Lipinski definition) is 1. The van der Waals surface area contributed by atoms with Gasteiger partial charge in [0.1, 0.15) is 0 Å². The molecule has 0 bridgehead atoms. The van der Waals surface area contributed by atoms with Crippen LogP contribution in [0.2, 0.25) is 0 Å². The fourth-order valence-electron chi connectivity index (χ4n) is 1.38. The van der Waals surface area contributed by atoms with Gasteiger partial charge in [-0.1, -0.05) is 15.9 Å². The van der Waals surface area contributed by atoms with Crippen LogP contribution in [0.3, 0.4) is 0 Å². The fraction of sp³-hybridized carbons (Fsp3) is 0.100. The molecule has 1 aromatic heterocycles. The van der Waals surface area contributed by atoms with Crippen molar-refractivity contribution in [3.05, 3.63) is 45.1 Å². The smallest absolute Gasteiger partial charge is 0.0660 e. The van der Waals surface area contributed by atoms with Crippen LogP contribution in [-0.4, -0.2) is 9.78 Å². The molecule has 0 saturated carbocycles. The second-order valence-corrected chi connectivity index (χ2v) is 5.08. The van der Waals surface area contributed by atoms with Gasteiger partial charge in [0.25, 0.3) is 0 Å². The number of nitrogens with zero attached hydrogens (tertiary/aromatic N) is 2. The molecule has 0 aliphatic heterocycles. The van der Waals surface area contributed by atoms with Gasteiger partial charge < -0.3 is 5.73 Å². The molecule has 0 radical (unpaired) electrons. The molecule has 2 rings (SSSR count). The van der Waals surface area contributed by atoms with Crippen molar-refractivity contribution >= 4 is 37.5 Å². The van der Waals surface area contributed by atoms with Gasteiger partial charge in [-0.2, -0.15) is 5.10 Å². The summed E-state index contributed by atoms with van der Waals surface area (Å²) >= 11 is 6.77. The van der Waals surface area contributed by atoms with Crippen LogP contribution in [0.25, 0.3) is 0 Å². The van der Waals surface area contributed by atoms with Crippen LogP contribution in [-0.2, 0) is 6.54 Å². The van der Waals surface area contributed by atoms with Crippen LogP contribution in [0.1, 0.15) is 5.56 Å². The molecule has 0 fully saturated rings. The van der Waals surface area contributed by atoms with E-state index >= 15 is 0 Å². The lowest BCUT2D eigenvalue weighted by Gasteiger charge is -2.04. The van der Waals surface area contributed by atoms with E-state index in [4.69, 9.17) is 5.73 Å². The third kappa shape index (κ3) is 2.82. The zero-order chi connectivity index (χ0) is 10.8. The minimum absolute atomic E-state index is 0.717. The quantitative estimate of drug-likeness (QED) is 0.860. The number of anilines is 1. The minimum atomic E-state index is 0.717. The van der Waals surface area contributed by atoms with E-state index in [0.29, 0.717) is 0 Å². The third-order valence-electron chi connectivity index (χ3n) is 1.93. The molecule has 5 heteroatoms. The molecule has 0 amide bonds. The molecule has 78 valence electrons. The maximum absolute atomic E-state index is 5.75. The molecule has 2 N–H and O–H groups in total. The van der Waals surface area contributed by atoms with Gasteiger partial charge in [-0.15, -0.1) is 0 Å². The molecular formula is C10H9Br2N3. The highest BCUT2D eigenvalue weighted by Crippen LogP contribution is 2.18. The maximum Gasteiger partial charge on any atom is 0.0660 e. The van der Waals surface area contributed by atoms with Gasteiger partial charge in [-0.3, -0.25) is 4.68 Å². The van der Waals surface area contributed by atoms with Gasteiger partial charge in [-0.05, 0) is 39.7 Å². The predicted octanol–water partition coefficient (Wildman–Crippen LogP) is 3.04. The first kappa shape index (κ1) is 10.7. The first-order chi connectivity index (χ1) is 7.13. The van der Waals surface area contributed by atoms with Gasteiger partial charge in [0, 0.05) is 16.4 Å². The summed E-state index contributed by atoms with van der Waals surface area (Å²) in [7, 11) is 0. The lowest BCUT2D eigenvalue weighted by atomic mass is 10.2. The Labute approximate surface area is 105 Å². The maximum atomic E-state index is 5.75. The molecule has 1 aromatic carbocycles. The molecule has 0 saturated heterocycles. The van der Waals surface area contributed by atoms with Crippen molar-refractivity contribution in [1.29, 1.82) is 0 Å².